The lowest BCUT2D eigenvalue weighted by Gasteiger charge is -2.45. The zero-order valence-electron chi connectivity index (χ0n) is 48.8. The van der Waals surface area contributed by atoms with Crippen molar-refractivity contribution in [3.05, 3.63) is 136 Å². The van der Waals surface area contributed by atoms with Crippen LogP contribution < -0.4 is 26.0 Å². The fourth-order valence-corrected chi connectivity index (χ4v) is 10.8. The predicted octanol–water partition coefficient (Wildman–Crippen LogP) is 10.2. The molecule has 0 bridgehead atoms. The molecule has 4 unspecified atom stereocenters. The maximum Gasteiger partial charge on any atom is 0.407 e. The number of hydrogen-bond acceptors (Lipinski definition) is 11. The molecular weight excluding hydrogens is 1090 g/mol. The van der Waals surface area contributed by atoms with E-state index < -0.39 is 61.3 Å². The van der Waals surface area contributed by atoms with Gasteiger partial charge in [-0.3, -0.25) is 19.2 Å². The lowest BCUT2D eigenvalue weighted by atomic mass is 9.82. The Morgan fingerprint density at radius 1 is 0.864 bits per heavy atom. The van der Waals surface area contributed by atoms with Crippen LogP contribution in [0.25, 0.3) is 11.3 Å². The smallest absolute Gasteiger partial charge is 0.407 e. The molecule has 0 aliphatic carbocycles. The number of nitrogens with one attached hydrogen (secondary N) is 4. The zero-order chi connectivity index (χ0) is 59.3. The summed E-state index contributed by atoms with van der Waals surface area (Å²) < 4.78 is 20.8. The summed E-state index contributed by atoms with van der Waals surface area (Å²) >= 11 is 12.9. The van der Waals surface area contributed by atoms with E-state index in [1.54, 1.807) is 49.9 Å². The molecule has 438 valence electrons. The number of halogens is 2. The molecule has 1 fully saturated rings. The maximum absolute atomic E-state index is 15.3. The second-order valence-electron chi connectivity index (χ2n) is 23.9. The molecule has 0 radical (unpaired) electrons. The molecule has 1 aliphatic rings. The van der Waals surface area contributed by atoms with Crippen molar-refractivity contribution in [3.63, 3.8) is 0 Å². The second kappa shape index (κ2) is 28.1. The minimum atomic E-state index is -2.55. The number of ether oxygens (including phenoxy) is 2. The molecule has 1 saturated heterocycles. The Kier molecular flexibility index (Phi) is 22.2. The molecule has 81 heavy (non-hydrogen) atoms. The molecule has 0 spiro atoms. The maximum atomic E-state index is 15.3. The van der Waals surface area contributed by atoms with Crippen molar-refractivity contribution in [2.45, 2.75) is 135 Å². The predicted molar refractivity (Wildman–Crippen MR) is 320 cm³/mol. The normalized spacial score (nSPS) is 16.0. The van der Waals surface area contributed by atoms with Gasteiger partial charge >= 0.3 is 12.1 Å². The van der Waals surface area contributed by atoms with E-state index >= 15 is 4.79 Å². The molecule has 5 aromatic rings. The number of carbonyl (C=O) groups is 5. The second-order valence-corrected chi connectivity index (χ2v) is 29.6. The summed E-state index contributed by atoms with van der Waals surface area (Å²) in [5.74, 6) is -1.40. The molecule has 6 rings (SSSR count). The number of aliphatic carboxylic acids is 1. The summed E-state index contributed by atoms with van der Waals surface area (Å²) in [6, 6.07) is 27.3. The van der Waals surface area contributed by atoms with Gasteiger partial charge in [0, 0.05) is 54.4 Å². The largest absolute Gasteiger partial charge is 0.481 e. The number of alkyl carbamates (subject to hydrolysis) is 1. The van der Waals surface area contributed by atoms with E-state index in [1.807, 2.05) is 100 Å². The first-order valence-corrected chi connectivity index (χ1v) is 31.2. The van der Waals surface area contributed by atoms with Gasteiger partial charge in [0.25, 0.3) is 0 Å². The van der Waals surface area contributed by atoms with E-state index in [-0.39, 0.29) is 56.4 Å². The molecule has 0 saturated carbocycles. The zero-order valence-corrected chi connectivity index (χ0v) is 51.3. The Morgan fingerprint density at radius 2 is 1.54 bits per heavy atom. The molecule has 4 aromatic carbocycles. The highest BCUT2D eigenvalue weighted by molar-refractivity contribution is 6.74. The van der Waals surface area contributed by atoms with E-state index in [2.05, 4.69) is 69.6 Å². The van der Waals surface area contributed by atoms with Gasteiger partial charge in [0.05, 0.1) is 49.0 Å². The van der Waals surface area contributed by atoms with E-state index in [0.717, 1.165) is 28.2 Å². The van der Waals surface area contributed by atoms with Crippen LogP contribution in [0.2, 0.25) is 28.2 Å². The summed E-state index contributed by atoms with van der Waals surface area (Å²) in [6.07, 6.45) is 2.41. The summed E-state index contributed by atoms with van der Waals surface area (Å²) in [5, 5.41) is 23.2. The SMILES string of the molecule is CN(C)Cc1ncc(-c2ccc(Oc3cc(Cl)ccc3CNC(CCNC(=O)OC(C)(C)C)C(=O)NC(CO[Si](C)(C)C(C)(C)C)C(=O)NC3(Cc4ccc(Cl)cc4)CCCN(C(=O)C(CC(=O)O)Cc4ccccc4)C3)cc2)n1C. The van der Waals surface area contributed by atoms with Gasteiger partial charge in [-0.1, -0.05) is 92.5 Å². The third-order valence-corrected chi connectivity index (χ3v) is 19.8. The van der Waals surface area contributed by atoms with Crippen LogP contribution in [0.15, 0.2) is 103 Å². The third-order valence-electron chi connectivity index (χ3n) is 14.8. The molecule has 4 atom stereocenters. The number of carboxylic acids is 1. The fraction of sp³-hybridized carbons (Fsp3) is 0.475. The molecule has 4 amide bonds. The first kappa shape index (κ1) is 63.9. The van der Waals surface area contributed by atoms with Gasteiger partial charge in [0.1, 0.15) is 29.0 Å². The summed E-state index contributed by atoms with van der Waals surface area (Å²) in [7, 11) is 3.44. The van der Waals surface area contributed by atoms with Crippen molar-refractivity contribution in [2.75, 3.05) is 40.3 Å². The third kappa shape index (κ3) is 19.1. The molecule has 5 N–H and O–H groups in total. The Labute approximate surface area is 488 Å². The number of piperidine rings is 1. The van der Waals surface area contributed by atoms with Gasteiger partial charge < -0.3 is 54.6 Å². The minimum absolute atomic E-state index is 0.0299. The van der Waals surface area contributed by atoms with Gasteiger partial charge in [0.15, 0.2) is 8.32 Å². The number of carboxylic acid groups (broad SMARTS) is 1. The van der Waals surface area contributed by atoms with Crippen LogP contribution in [-0.2, 0) is 61.3 Å². The van der Waals surface area contributed by atoms with E-state index in [1.165, 1.54) is 0 Å². The van der Waals surface area contributed by atoms with Crippen LogP contribution in [0.1, 0.15) is 89.7 Å². The van der Waals surface area contributed by atoms with Crippen LogP contribution in [0.5, 0.6) is 11.5 Å². The van der Waals surface area contributed by atoms with Crippen LogP contribution in [-0.4, -0.2) is 126 Å². The minimum Gasteiger partial charge on any atom is -0.481 e. The van der Waals surface area contributed by atoms with Gasteiger partial charge in [-0.2, -0.15) is 0 Å². The monoisotopic (exact) mass is 1170 g/mol. The van der Waals surface area contributed by atoms with Gasteiger partial charge in [-0.05, 0) is 145 Å². The lowest BCUT2D eigenvalue weighted by Crippen LogP contribution is -2.65. The Balaban J connectivity index is 1.29. The van der Waals surface area contributed by atoms with Crippen LogP contribution >= 0.6 is 23.2 Å². The van der Waals surface area contributed by atoms with E-state index in [9.17, 15) is 24.3 Å². The molecule has 1 aromatic heterocycles. The highest BCUT2D eigenvalue weighted by Crippen LogP contribution is 2.37. The van der Waals surface area contributed by atoms with Gasteiger partial charge in [-0.15, -0.1) is 0 Å². The molecular formula is C61H82Cl2N8O9Si. The topological polar surface area (TPSA) is 206 Å². The van der Waals surface area contributed by atoms with Crippen molar-refractivity contribution < 1.29 is 43.0 Å². The fourth-order valence-electron chi connectivity index (χ4n) is 9.46. The number of benzene rings is 4. The van der Waals surface area contributed by atoms with Crippen molar-refractivity contribution in [1.82, 2.24) is 40.6 Å². The first-order chi connectivity index (χ1) is 38.1. The molecule has 20 heteroatoms. The lowest BCUT2D eigenvalue weighted by molar-refractivity contribution is -0.146. The Morgan fingerprint density at radius 3 is 2.19 bits per heavy atom. The standard InChI is InChI=1S/C61H82Cl2N8O9Si/c1-59(2,3)80-58(77)64-30-28-49(65-36-44-20-25-47(63)34-52(44)79-48-26-21-43(22-27-48)51-37-66-53(70(51)9)38-69(7)8)55(74)67-50(39-78-81(10,11)60(4,5)6)56(75)68-61(35-42-18-23-46(62)24-19-42)29-15-31-71(40-61)57(76)45(33-54(72)73)32-41-16-13-12-14-17-41/h12-14,16-27,34,37,45,49-50,65H,15,28-33,35-36,38-40H2,1-11H3,(H,64,77)(H,67,74)(H,68,75)(H,72,73). The average molecular weight is 1170 g/mol. The Bertz CT molecular complexity index is 2930. The van der Waals surface area contributed by atoms with Crippen molar-refractivity contribution in [3.8, 4) is 22.8 Å². The van der Waals surface area contributed by atoms with E-state index in [0.29, 0.717) is 59.5 Å². The average Bonchev–Trinajstić information content (AvgIpc) is 3.84. The number of rotatable bonds is 25. The molecule has 2 heterocycles. The molecule has 17 nitrogen and oxygen atoms in total. The number of hydrogen-bond donors (Lipinski definition) is 5. The first-order valence-electron chi connectivity index (χ1n) is 27.6. The van der Waals surface area contributed by atoms with Crippen LogP contribution in [0, 0.1) is 5.92 Å². The van der Waals surface area contributed by atoms with E-state index in [4.69, 9.17) is 37.1 Å². The van der Waals surface area contributed by atoms with Crippen molar-refractivity contribution >= 4 is 61.3 Å². The van der Waals surface area contributed by atoms with Gasteiger partial charge in [0.2, 0.25) is 17.7 Å². The van der Waals surface area contributed by atoms with Crippen molar-refractivity contribution in [1.29, 1.82) is 0 Å². The number of amides is 4. The number of likely N-dealkylation sites (tertiary alicyclic amines) is 1. The van der Waals surface area contributed by atoms with Crippen molar-refractivity contribution in [2.24, 2.45) is 13.0 Å². The summed E-state index contributed by atoms with van der Waals surface area (Å²) in [6.45, 7) is 16.8. The number of nitrogens with zero attached hydrogens (tertiary/aromatic N) is 4. The van der Waals surface area contributed by atoms with Crippen LogP contribution in [0.3, 0.4) is 0 Å². The quantitative estimate of drug-likeness (QED) is 0.0346. The number of carbonyl (C=O) groups excluding carboxylic acids is 4. The summed E-state index contributed by atoms with van der Waals surface area (Å²) in [4.78, 5) is 78.3. The number of imidazole rings is 1. The molecule has 1 aliphatic heterocycles. The highest BCUT2D eigenvalue weighted by atomic mass is 35.5. The highest BCUT2D eigenvalue weighted by Gasteiger charge is 2.43. The summed E-state index contributed by atoms with van der Waals surface area (Å²) in [5.41, 5.74) is 2.44. The van der Waals surface area contributed by atoms with Crippen LogP contribution in [0.4, 0.5) is 4.79 Å². The van der Waals surface area contributed by atoms with Gasteiger partial charge in [-0.25, -0.2) is 9.78 Å². The number of aromatic nitrogens is 2. The Hall–Kier alpha value is -6.28.